The summed E-state index contributed by atoms with van der Waals surface area (Å²) in [5.41, 5.74) is 6.98. The molecule has 0 atom stereocenters. The quantitative estimate of drug-likeness (QED) is 0.511. The third-order valence-corrected chi connectivity index (χ3v) is 5.75. The monoisotopic (exact) mass is 311 g/mol. The molecule has 0 radical (unpaired) electrons. The van der Waals surface area contributed by atoms with Crippen LogP contribution in [0.5, 0.6) is 0 Å². The SMILES string of the molecule is CCCCCCCCCCS(=O)(=O)c1cc(N)ccc1C. The number of nitrogen functional groups attached to an aromatic ring is 1. The van der Waals surface area contributed by atoms with Crippen LogP contribution in [0.2, 0.25) is 0 Å². The molecule has 0 aliphatic carbocycles. The topological polar surface area (TPSA) is 60.2 Å². The van der Waals surface area contributed by atoms with Crippen LogP contribution in [0.3, 0.4) is 0 Å². The first-order valence-electron chi connectivity index (χ1n) is 8.06. The summed E-state index contributed by atoms with van der Waals surface area (Å²) >= 11 is 0. The lowest BCUT2D eigenvalue weighted by atomic mass is 10.1. The predicted molar refractivity (Wildman–Crippen MR) is 90.3 cm³/mol. The molecular weight excluding hydrogens is 282 g/mol. The smallest absolute Gasteiger partial charge is 0.178 e. The molecule has 0 aliphatic heterocycles. The third-order valence-electron chi connectivity index (χ3n) is 3.81. The fourth-order valence-electron chi connectivity index (χ4n) is 2.49. The van der Waals surface area contributed by atoms with Gasteiger partial charge in [-0.3, -0.25) is 0 Å². The van der Waals surface area contributed by atoms with E-state index in [4.69, 9.17) is 5.73 Å². The van der Waals surface area contributed by atoms with E-state index < -0.39 is 9.84 Å². The first-order chi connectivity index (χ1) is 9.97. The lowest BCUT2D eigenvalue weighted by Crippen LogP contribution is -2.09. The van der Waals surface area contributed by atoms with Crippen molar-refractivity contribution >= 4 is 15.5 Å². The average Bonchev–Trinajstić information content (AvgIpc) is 2.44. The van der Waals surface area contributed by atoms with Gasteiger partial charge in [0.15, 0.2) is 9.84 Å². The van der Waals surface area contributed by atoms with Crippen LogP contribution in [0.4, 0.5) is 5.69 Å². The van der Waals surface area contributed by atoms with Gasteiger partial charge >= 0.3 is 0 Å². The fraction of sp³-hybridized carbons (Fsp3) is 0.647. The summed E-state index contributed by atoms with van der Waals surface area (Å²) in [7, 11) is -3.19. The van der Waals surface area contributed by atoms with E-state index in [9.17, 15) is 8.42 Å². The summed E-state index contributed by atoms with van der Waals surface area (Å²) in [6, 6.07) is 5.09. The molecule has 1 aromatic carbocycles. The minimum Gasteiger partial charge on any atom is -0.399 e. The van der Waals surface area contributed by atoms with Crippen LogP contribution >= 0.6 is 0 Å². The van der Waals surface area contributed by atoms with E-state index in [1.54, 1.807) is 18.2 Å². The van der Waals surface area contributed by atoms with Crippen molar-refractivity contribution in [2.45, 2.75) is 70.1 Å². The first kappa shape index (κ1) is 18.0. The summed E-state index contributed by atoms with van der Waals surface area (Å²) in [4.78, 5) is 0.394. The number of nitrogens with two attached hydrogens (primary N) is 1. The Bertz CT molecular complexity index is 524. The van der Waals surface area contributed by atoms with Crippen molar-refractivity contribution < 1.29 is 8.42 Å². The van der Waals surface area contributed by atoms with Gasteiger partial charge in [-0.2, -0.15) is 0 Å². The Kier molecular flexibility index (Phi) is 7.79. The van der Waals surface area contributed by atoms with E-state index >= 15 is 0 Å². The second-order valence-corrected chi connectivity index (χ2v) is 7.90. The highest BCUT2D eigenvalue weighted by atomic mass is 32.2. The molecule has 0 amide bonds. The number of sulfone groups is 1. The summed E-state index contributed by atoms with van der Waals surface area (Å²) in [6.07, 6.45) is 9.23. The Morgan fingerprint density at radius 2 is 1.52 bits per heavy atom. The van der Waals surface area contributed by atoms with Crippen LogP contribution < -0.4 is 5.73 Å². The van der Waals surface area contributed by atoms with Gasteiger partial charge in [-0.15, -0.1) is 0 Å². The van der Waals surface area contributed by atoms with E-state index in [2.05, 4.69) is 6.92 Å². The largest absolute Gasteiger partial charge is 0.399 e. The van der Waals surface area contributed by atoms with Crippen LogP contribution in [-0.4, -0.2) is 14.2 Å². The van der Waals surface area contributed by atoms with Gasteiger partial charge < -0.3 is 5.73 Å². The van der Waals surface area contributed by atoms with Gasteiger partial charge in [-0.1, -0.05) is 57.9 Å². The summed E-state index contributed by atoms with van der Waals surface area (Å²) in [6.45, 7) is 4.03. The van der Waals surface area contributed by atoms with Gasteiger partial charge in [0.05, 0.1) is 10.6 Å². The molecule has 120 valence electrons. The molecule has 1 aromatic rings. The molecule has 1 rings (SSSR count). The molecule has 0 spiro atoms. The Morgan fingerprint density at radius 1 is 0.952 bits per heavy atom. The van der Waals surface area contributed by atoms with Crippen LogP contribution in [0, 0.1) is 6.92 Å². The summed E-state index contributed by atoms with van der Waals surface area (Å²) < 4.78 is 24.6. The Balaban J connectivity index is 2.35. The number of benzene rings is 1. The lowest BCUT2D eigenvalue weighted by molar-refractivity contribution is 0.572. The van der Waals surface area contributed by atoms with Crippen molar-refractivity contribution in [1.82, 2.24) is 0 Å². The van der Waals surface area contributed by atoms with Crippen molar-refractivity contribution in [3.8, 4) is 0 Å². The molecule has 0 bridgehead atoms. The molecule has 0 saturated heterocycles. The van der Waals surface area contributed by atoms with Crippen LogP contribution in [0.15, 0.2) is 23.1 Å². The van der Waals surface area contributed by atoms with E-state index in [1.165, 1.54) is 32.1 Å². The third kappa shape index (κ3) is 6.51. The zero-order chi connectivity index (χ0) is 15.7. The number of hydrogen-bond donors (Lipinski definition) is 1. The van der Waals surface area contributed by atoms with E-state index in [0.29, 0.717) is 10.6 Å². The second-order valence-electron chi connectivity index (χ2n) is 5.82. The zero-order valence-corrected chi connectivity index (χ0v) is 14.2. The minimum absolute atomic E-state index is 0.228. The highest BCUT2D eigenvalue weighted by molar-refractivity contribution is 7.91. The molecule has 21 heavy (non-hydrogen) atoms. The van der Waals surface area contributed by atoms with Crippen molar-refractivity contribution in [2.75, 3.05) is 11.5 Å². The maximum absolute atomic E-state index is 12.3. The Morgan fingerprint density at radius 3 is 2.14 bits per heavy atom. The van der Waals surface area contributed by atoms with Gasteiger partial charge in [0.25, 0.3) is 0 Å². The maximum Gasteiger partial charge on any atom is 0.178 e. The summed E-state index contributed by atoms with van der Waals surface area (Å²) in [5.74, 6) is 0.228. The summed E-state index contributed by atoms with van der Waals surface area (Å²) in [5, 5.41) is 0. The number of aryl methyl sites for hydroxylation is 1. The van der Waals surface area contributed by atoms with Crippen molar-refractivity contribution in [2.24, 2.45) is 0 Å². The van der Waals surface area contributed by atoms with E-state index in [-0.39, 0.29) is 5.75 Å². The number of anilines is 1. The molecule has 2 N–H and O–H groups in total. The highest BCUT2D eigenvalue weighted by Gasteiger charge is 2.16. The van der Waals surface area contributed by atoms with Gasteiger partial charge in [0, 0.05) is 5.69 Å². The van der Waals surface area contributed by atoms with E-state index in [1.807, 2.05) is 6.92 Å². The van der Waals surface area contributed by atoms with Gasteiger partial charge in [0.2, 0.25) is 0 Å². The van der Waals surface area contributed by atoms with Gasteiger partial charge in [-0.05, 0) is 31.0 Å². The molecule has 0 heterocycles. The standard InChI is InChI=1S/C17H29NO2S/c1-3-4-5-6-7-8-9-10-13-21(19,20)17-14-16(18)12-11-15(17)2/h11-12,14H,3-10,13,18H2,1-2H3. The predicted octanol–water partition coefficient (Wildman–Crippen LogP) is 4.49. The van der Waals surface area contributed by atoms with Crippen LogP contribution in [0.25, 0.3) is 0 Å². The molecule has 0 unspecified atom stereocenters. The van der Waals surface area contributed by atoms with Crippen molar-refractivity contribution in [3.05, 3.63) is 23.8 Å². The van der Waals surface area contributed by atoms with Crippen molar-refractivity contribution in [3.63, 3.8) is 0 Å². The highest BCUT2D eigenvalue weighted by Crippen LogP contribution is 2.21. The molecule has 0 saturated carbocycles. The van der Waals surface area contributed by atoms with Gasteiger partial charge in [-0.25, -0.2) is 8.42 Å². The number of hydrogen-bond acceptors (Lipinski definition) is 3. The minimum atomic E-state index is -3.19. The van der Waals surface area contributed by atoms with Crippen molar-refractivity contribution in [1.29, 1.82) is 0 Å². The molecule has 4 heteroatoms. The Labute approximate surface area is 129 Å². The van der Waals surface area contributed by atoms with Crippen LogP contribution in [-0.2, 0) is 9.84 Å². The normalized spacial score (nSPS) is 11.7. The van der Waals surface area contributed by atoms with Gasteiger partial charge in [0.1, 0.15) is 0 Å². The van der Waals surface area contributed by atoms with Crippen LogP contribution in [0.1, 0.15) is 63.9 Å². The molecule has 3 nitrogen and oxygen atoms in total. The molecule has 0 fully saturated rings. The maximum atomic E-state index is 12.3. The molecular formula is C17H29NO2S. The lowest BCUT2D eigenvalue weighted by Gasteiger charge is -2.08. The van der Waals surface area contributed by atoms with E-state index in [0.717, 1.165) is 24.8 Å². The molecule has 0 aromatic heterocycles. The average molecular weight is 311 g/mol. The second kappa shape index (κ2) is 9.08. The zero-order valence-electron chi connectivity index (χ0n) is 13.4. The molecule has 0 aliphatic rings. The Hall–Kier alpha value is -1.03. The number of unbranched alkanes of at least 4 members (excludes halogenated alkanes) is 7. The first-order valence-corrected chi connectivity index (χ1v) is 9.71. The number of rotatable bonds is 10. The fourth-order valence-corrected chi connectivity index (χ4v) is 4.17.